The molecule has 3 rings (SSSR count). The number of aliphatic hydroxyl groups is 1. The molecule has 0 bridgehead atoms. The highest BCUT2D eigenvalue weighted by Crippen LogP contribution is 2.53. The van der Waals surface area contributed by atoms with Crippen molar-refractivity contribution in [3.05, 3.63) is 0 Å². The molecule has 2 saturated carbocycles. The minimum atomic E-state index is -3.24. The van der Waals surface area contributed by atoms with Crippen LogP contribution in [-0.2, 0) is 9.84 Å². The van der Waals surface area contributed by atoms with Crippen LogP contribution in [0.2, 0.25) is 0 Å². The summed E-state index contributed by atoms with van der Waals surface area (Å²) in [4.78, 5) is 0. The number of hydrogen-bond acceptors (Lipinski definition) is 3. The van der Waals surface area contributed by atoms with Crippen LogP contribution >= 0.6 is 0 Å². The van der Waals surface area contributed by atoms with Crippen LogP contribution in [0.15, 0.2) is 0 Å². The Morgan fingerprint density at radius 3 is 2.36 bits per heavy atom. The third-order valence-electron chi connectivity index (χ3n) is 8.51. The van der Waals surface area contributed by atoms with Gasteiger partial charge in [-0.25, -0.2) is 12.8 Å². The van der Waals surface area contributed by atoms with Crippen LogP contribution in [0.5, 0.6) is 0 Å². The lowest BCUT2D eigenvalue weighted by molar-refractivity contribution is -0.0693. The molecule has 28 heavy (non-hydrogen) atoms. The average Bonchev–Trinajstić information content (AvgIpc) is 2.72. The normalized spacial score (nSPS) is 46.5. The molecule has 1 heterocycles. The van der Waals surface area contributed by atoms with Gasteiger partial charge in [0.2, 0.25) is 0 Å². The van der Waals surface area contributed by atoms with E-state index < -0.39 is 27.5 Å². The predicted molar refractivity (Wildman–Crippen MR) is 113 cm³/mol. The Hall–Kier alpha value is -0.160. The number of alkyl halides is 1. The van der Waals surface area contributed by atoms with E-state index in [0.717, 1.165) is 51.4 Å². The van der Waals surface area contributed by atoms with Gasteiger partial charge >= 0.3 is 0 Å². The lowest BCUT2D eigenvalue weighted by Crippen LogP contribution is -2.48. The zero-order valence-electron chi connectivity index (χ0n) is 18.1. The van der Waals surface area contributed by atoms with E-state index in [1.54, 1.807) is 0 Å². The van der Waals surface area contributed by atoms with E-state index in [4.69, 9.17) is 0 Å². The minimum absolute atomic E-state index is 0.00864. The van der Waals surface area contributed by atoms with Crippen LogP contribution < -0.4 is 0 Å². The summed E-state index contributed by atoms with van der Waals surface area (Å²) in [6, 6.07) is 0. The van der Waals surface area contributed by atoms with Crippen LogP contribution in [0, 0.1) is 29.1 Å². The second-order valence-electron chi connectivity index (χ2n) is 10.3. The van der Waals surface area contributed by atoms with Crippen molar-refractivity contribution < 1.29 is 17.9 Å². The van der Waals surface area contributed by atoms with Crippen molar-refractivity contribution in [1.29, 1.82) is 0 Å². The van der Waals surface area contributed by atoms with Gasteiger partial charge in [-0.3, -0.25) is 0 Å². The zero-order valence-corrected chi connectivity index (χ0v) is 18.9. The van der Waals surface area contributed by atoms with E-state index in [-0.39, 0.29) is 28.8 Å². The molecule has 0 radical (unpaired) electrons. The zero-order chi connectivity index (χ0) is 20.5. The second kappa shape index (κ2) is 8.91. The highest BCUT2D eigenvalue weighted by Gasteiger charge is 2.56. The first-order chi connectivity index (χ1) is 13.2. The summed E-state index contributed by atoms with van der Waals surface area (Å²) in [5, 5.41) is 11.5. The van der Waals surface area contributed by atoms with Gasteiger partial charge in [0.05, 0.1) is 17.1 Å². The first-order valence-electron chi connectivity index (χ1n) is 11.8. The monoisotopic (exact) mass is 416 g/mol. The van der Waals surface area contributed by atoms with E-state index in [1.165, 1.54) is 0 Å². The highest BCUT2D eigenvalue weighted by molar-refractivity contribution is 7.92. The van der Waals surface area contributed by atoms with Gasteiger partial charge in [0, 0.05) is 5.41 Å². The number of hydrogen-bond donors (Lipinski definition) is 1. The third kappa shape index (κ3) is 4.31. The lowest BCUT2D eigenvalue weighted by atomic mass is 9.60. The summed E-state index contributed by atoms with van der Waals surface area (Å²) in [7, 11) is -3.24. The van der Waals surface area contributed by atoms with E-state index in [9.17, 15) is 17.9 Å². The molecule has 5 heteroatoms. The molecule has 164 valence electrons. The Bertz CT molecular complexity index is 613. The van der Waals surface area contributed by atoms with Crippen LogP contribution in [0.1, 0.15) is 91.4 Å². The molecule has 6 atom stereocenters. The van der Waals surface area contributed by atoms with Gasteiger partial charge in [0.25, 0.3) is 0 Å². The maximum absolute atomic E-state index is 13.8. The molecule has 1 N–H and O–H groups in total. The quantitative estimate of drug-likeness (QED) is 0.660. The molecule has 0 aromatic heterocycles. The number of aliphatic hydroxyl groups excluding tert-OH is 1. The standard InChI is InChI=1S/C23H41FO3S/c1-4-6-13-23(5-2)15-28(26,27)20-12-7-16(3)14-19(20)21(22(23)25)17-8-10-18(24)11-9-17/h16-22,25H,4-15H2,1-3H3/t16?,17?,18?,19?,20?,21?,22?,23-/m1/s1. The Kier molecular flexibility index (Phi) is 7.17. The van der Waals surface area contributed by atoms with Crippen LogP contribution in [0.25, 0.3) is 0 Å². The minimum Gasteiger partial charge on any atom is -0.392 e. The van der Waals surface area contributed by atoms with Crippen molar-refractivity contribution in [1.82, 2.24) is 0 Å². The lowest BCUT2D eigenvalue weighted by Gasteiger charge is -2.47. The number of unbranched alkanes of at least 4 members (excludes halogenated alkanes) is 1. The van der Waals surface area contributed by atoms with Gasteiger partial charge in [0.15, 0.2) is 9.84 Å². The molecule has 1 saturated heterocycles. The highest BCUT2D eigenvalue weighted by atomic mass is 32.2. The number of rotatable bonds is 5. The summed E-state index contributed by atoms with van der Waals surface area (Å²) < 4.78 is 40.9. The predicted octanol–water partition coefficient (Wildman–Crippen LogP) is 5.31. The fourth-order valence-electron chi connectivity index (χ4n) is 6.79. The van der Waals surface area contributed by atoms with Gasteiger partial charge < -0.3 is 5.11 Å². The molecule has 0 aromatic carbocycles. The van der Waals surface area contributed by atoms with Crippen molar-refractivity contribution in [3.63, 3.8) is 0 Å². The van der Waals surface area contributed by atoms with Crippen LogP contribution in [0.3, 0.4) is 0 Å². The summed E-state index contributed by atoms with van der Waals surface area (Å²) in [5.74, 6) is 0.964. The third-order valence-corrected chi connectivity index (χ3v) is 11.0. The van der Waals surface area contributed by atoms with Gasteiger partial charge in [0.1, 0.15) is 6.17 Å². The molecule has 1 aliphatic heterocycles. The number of sulfone groups is 1. The van der Waals surface area contributed by atoms with Gasteiger partial charge in [-0.15, -0.1) is 0 Å². The maximum Gasteiger partial charge on any atom is 0.154 e. The average molecular weight is 417 g/mol. The van der Waals surface area contributed by atoms with Gasteiger partial charge in [-0.1, -0.05) is 33.6 Å². The number of fused-ring (bicyclic) bond motifs is 1. The SMILES string of the molecule is CCCC[C@]1(CC)CS(=O)(=O)C2CCC(C)CC2C(C2CCC(F)CC2)C1O. The molecule has 0 spiro atoms. The van der Waals surface area contributed by atoms with Crippen molar-refractivity contribution in [2.24, 2.45) is 29.1 Å². The maximum atomic E-state index is 13.8. The fraction of sp³-hybridized carbons (Fsp3) is 1.00. The fourth-order valence-corrected chi connectivity index (χ4v) is 9.65. The van der Waals surface area contributed by atoms with E-state index >= 15 is 0 Å². The number of halogens is 1. The summed E-state index contributed by atoms with van der Waals surface area (Å²) >= 11 is 0. The van der Waals surface area contributed by atoms with Gasteiger partial charge in [-0.2, -0.15) is 0 Å². The molecule has 3 fully saturated rings. The van der Waals surface area contributed by atoms with E-state index in [2.05, 4.69) is 20.8 Å². The molecular formula is C23H41FO3S. The van der Waals surface area contributed by atoms with Crippen molar-refractivity contribution in [2.75, 3.05) is 5.75 Å². The smallest absolute Gasteiger partial charge is 0.154 e. The molecule has 5 unspecified atom stereocenters. The molecule has 3 nitrogen and oxygen atoms in total. The summed E-state index contributed by atoms with van der Waals surface area (Å²) in [6.07, 6.45) is 7.49. The molecule has 3 aliphatic rings. The van der Waals surface area contributed by atoms with Crippen molar-refractivity contribution >= 4 is 9.84 Å². The molecular weight excluding hydrogens is 375 g/mol. The Labute approximate surface area is 171 Å². The molecule has 0 amide bonds. The Morgan fingerprint density at radius 1 is 1.07 bits per heavy atom. The molecule has 0 aromatic rings. The second-order valence-corrected chi connectivity index (χ2v) is 12.5. The van der Waals surface area contributed by atoms with E-state index in [0.29, 0.717) is 25.2 Å². The topological polar surface area (TPSA) is 54.4 Å². The summed E-state index contributed by atoms with van der Waals surface area (Å²) in [6.45, 7) is 6.41. The summed E-state index contributed by atoms with van der Waals surface area (Å²) in [5.41, 5.74) is -0.535. The molecule has 2 aliphatic carbocycles. The van der Waals surface area contributed by atoms with Crippen LogP contribution in [0.4, 0.5) is 4.39 Å². The van der Waals surface area contributed by atoms with Crippen molar-refractivity contribution in [3.8, 4) is 0 Å². The Balaban J connectivity index is 2.03. The van der Waals surface area contributed by atoms with Crippen molar-refractivity contribution in [2.45, 2.75) is 109 Å². The van der Waals surface area contributed by atoms with Crippen LogP contribution in [-0.4, -0.2) is 36.8 Å². The van der Waals surface area contributed by atoms with Gasteiger partial charge in [-0.05, 0) is 81.5 Å². The first kappa shape index (κ1) is 22.5. The van der Waals surface area contributed by atoms with E-state index in [1.807, 2.05) is 0 Å². The Morgan fingerprint density at radius 2 is 1.75 bits per heavy atom. The first-order valence-corrected chi connectivity index (χ1v) is 13.5. The largest absolute Gasteiger partial charge is 0.392 e.